The van der Waals surface area contributed by atoms with Crippen molar-refractivity contribution < 1.29 is 0 Å². The Labute approximate surface area is 111 Å². The summed E-state index contributed by atoms with van der Waals surface area (Å²) in [6.07, 6.45) is 1.95. The lowest BCUT2D eigenvalue weighted by Crippen LogP contribution is -2.31. The first-order valence-corrected chi connectivity index (χ1v) is 6.86. The molecule has 0 spiro atoms. The number of pyridine rings is 1. The first-order valence-electron chi connectivity index (χ1n) is 6.86. The predicted octanol–water partition coefficient (Wildman–Crippen LogP) is 3.22. The van der Waals surface area contributed by atoms with Crippen LogP contribution in [0, 0.1) is 11.8 Å². The highest BCUT2D eigenvalue weighted by Gasteiger charge is 2.11. The number of aromatic nitrogens is 1. The van der Waals surface area contributed by atoms with Gasteiger partial charge in [0.2, 0.25) is 0 Å². The normalized spacial score (nSPS) is 13.1. The number of nitrogens with two attached hydrogens (primary N) is 1. The van der Waals surface area contributed by atoms with Gasteiger partial charge in [0.05, 0.1) is 17.6 Å². The van der Waals surface area contributed by atoms with Crippen LogP contribution >= 0.6 is 0 Å². The standard InChI is InChI=1S/C15H27N3/c1-11(2)9-18(10-12(3)4)14-6-7-15(13(5)16)17-8-14/h6-8,11-13H,9-10,16H2,1-5H3/t13-/m1/s1. The molecule has 0 radical (unpaired) electrons. The number of anilines is 1. The quantitative estimate of drug-likeness (QED) is 0.841. The van der Waals surface area contributed by atoms with E-state index >= 15 is 0 Å². The second-order valence-corrected chi connectivity index (χ2v) is 5.92. The molecule has 1 aromatic heterocycles. The second kappa shape index (κ2) is 6.74. The molecule has 0 saturated carbocycles. The van der Waals surface area contributed by atoms with Gasteiger partial charge in [-0.2, -0.15) is 0 Å². The molecule has 0 aromatic carbocycles. The first-order chi connectivity index (χ1) is 8.40. The third-order valence-corrected chi connectivity index (χ3v) is 2.77. The van der Waals surface area contributed by atoms with Crippen molar-refractivity contribution in [3.63, 3.8) is 0 Å². The zero-order chi connectivity index (χ0) is 13.7. The molecule has 0 amide bonds. The van der Waals surface area contributed by atoms with Crippen LogP contribution in [0.2, 0.25) is 0 Å². The summed E-state index contributed by atoms with van der Waals surface area (Å²) >= 11 is 0. The highest BCUT2D eigenvalue weighted by Crippen LogP contribution is 2.18. The Balaban J connectivity index is 2.83. The van der Waals surface area contributed by atoms with Crippen LogP contribution in [0.5, 0.6) is 0 Å². The molecule has 0 saturated heterocycles. The molecule has 2 N–H and O–H groups in total. The SMILES string of the molecule is CC(C)CN(CC(C)C)c1ccc([C@@H](C)N)nc1. The molecule has 1 heterocycles. The van der Waals surface area contributed by atoms with Crippen LogP contribution in [0.25, 0.3) is 0 Å². The summed E-state index contributed by atoms with van der Waals surface area (Å²) < 4.78 is 0. The van der Waals surface area contributed by atoms with E-state index in [9.17, 15) is 0 Å². The Bertz CT molecular complexity index is 331. The molecule has 0 aliphatic heterocycles. The maximum atomic E-state index is 5.83. The largest absolute Gasteiger partial charge is 0.370 e. The van der Waals surface area contributed by atoms with Crippen LogP contribution in [0.4, 0.5) is 5.69 Å². The molecule has 1 aromatic rings. The van der Waals surface area contributed by atoms with Gasteiger partial charge in [0.25, 0.3) is 0 Å². The Morgan fingerprint density at radius 1 is 1.06 bits per heavy atom. The van der Waals surface area contributed by atoms with E-state index in [0.717, 1.165) is 18.8 Å². The number of hydrogen-bond acceptors (Lipinski definition) is 3. The van der Waals surface area contributed by atoms with Crippen molar-refractivity contribution in [2.45, 2.75) is 40.7 Å². The van der Waals surface area contributed by atoms with Gasteiger partial charge in [-0.15, -0.1) is 0 Å². The van der Waals surface area contributed by atoms with Crippen LogP contribution < -0.4 is 10.6 Å². The highest BCUT2D eigenvalue weighted by atomic mass is 15.1. The van der Waals surface area contributed by atoms with Crippen molar-refractivity contribution in [1.29, 1.82) is 0 Å². The monoisotopic (exact) mass is 249 g/mol. The van der Waals surface area contributed by atoms with Gasteiger partial charge in [-0.3, -0.25) is 4.98 Å². The van der Waals surface area contributed by atoms with E-state index < -0.39 is 0 Å². The van der Waals surface area contributed by atoms with E-state index in [1.165, 1.54) is 5.69 Å². The third kappa shape index (κ3) is 4.65. The first kappa shape index (κ1) is 15.0. The summed E-state index contributed by atoms with van der Waals surface area (Å²) in [4.78, 5) is 6.86. The molecule has 0 fully saturated rings. The number of hydrogen-bond donors (Lipinski definition) is 1. The molecule has 102 valence electrons. The fraction of sp³-hybridized carbons (Fsp3) is 0.667. The predicted molar refractivity (Wildman–Crippen MR) is 78.7 cm³/mol. The Morgan fingerprint density at radius 3 is 1.94 bits per heavy atom. The molecule has 0 bridgehead atoms. The van der Waals surface area contributed by atoms with Gasteiger partial charge >= 0.3 is 0 Å². The van der Waals surface area contributed by atoms with Crippen molar-refractivity contribution in [1.82, 2.24) is 4.98 Å². The maximum absolute atomic E-state index is 5.83. The lowest BCUT2D eigenvalue weighted by Gasteiger charge is -2.28. The van der Waals surface area contributed by atoms with Crippen LogP contribution in [-0.4, -0.2) is 18.1 Å². The minimum absolute atomic E-state index is 0.00250. The number of rotatable bonds is 6. The fourth-order valence-electron chi connectivity index (χ4n) is 2.02. The molecule has 1 rings (SSSR count). The van der Waals surface area contributed by atoms with Crippen LogP contribution in [0.15, 0.2) is 18.3 Å². The average Bonchev–Trinajstić information content (AvgIpc) is 2.27. The summed E-state index contributed by atoms with van der Waals surface area (Å²) in [5, 5.41) is 0. The molecule has 0 aliphatic carbocycles. The van der Waals surface area contributed by atoms with E-state index in [2.05, 4.69) is 43.6 Å². The Hall–Kier alpha value is -1.09. The van der Waals surface area contributed by atoms with Gasteiger partial charge in [-0.05, 0) is 30.9 Å². The Morgan fingerprint density at radius 2 is 1.61 bits per heavy atom. The fourth-order valence-corrected chi connectivity index (χ4v) is 2.02. The van der Waals surface area contributed by atoms with Gasteiger partial charge < -0.3 is 10.6 Å². The minimum Gasteiger partial charge on any atom is -0.370 e. The van der Waals surface area contributed by atoms with Gasteiger partial charge in [0.15, 0.2) is 0 Å². The average molecular weight is 249 g/mol. The zero-order valence-electron chi connectivity index (χ0n) is 12.4. The lowest BCUT2D eigenvalue weighted by molar-refractivity contribution is 0.552. The molecule has 0 unspecified atom stereocenters. The molecular weight excluding hydrogens is 222 g/mol. The molecule has 3 nitrogen and oxygen atoms in total. The molecule has 18 heavy (non-hydrogen) atoms. The molecule has 1 atom stereocenters. The van der Waals surface area contributed by atoms with Crippen LogP contribution in [-0.2, 0) is 0 Å². The zero-order valence-corrected chi connectivity index (χ0v) is 12.4. The highest BCUT2D eigenvalue weighted by molar-refractivity contribution is 5.44. The summed E-state index contributed by atoms with van der Waals surface area (Å²) in [5.41, 5.74) is 7.97. The van der Waals surface area contributed by atoms with Gasteiger partial charge in [-0.25, -0.2) is 0 Å². The van der Waals surface area contributed by atoms with E-state index in [4.69, 9.17) is 5.73 Å². The number of nitrogens with zero attached hydrogens (tertiary/aromatic N) is 2. The van der Waals surface area contributed by atoms with Gasteiger partial charge in [0, 0.05) is 19.1 Å². The van der Waals surface area contributed by atoms with Crippen molar-refractivity contribution in [2.24, 2.45) is 17.6 Å². The summed E-state index contributed by atoms with van der Waals surface area (Å²) in [5.74, 6) is 1.30. The Kier molecular flexibility index (Phi) is 5.60. The smallest absolute Gasteiger partial charge is 0.0569 e. The van der Waals surface area contributed by atoms with Crippen LogP contribution in [0.1, 0.15) is 46.4 Å². The minimum atomic E-state index is 0.00250. The summed E-state index contributed by atoms with van der Waals surface area (Å²) in [6, 6.07) is 4.17. The topological polar surface area (TPSA) is 42.1 Å². The summed E-state index contributed by atoms with van der Waals surface area (Å²) in [6.45, 7) is 13.1. The van der Waals surface area contributed by atoms with Crippen molar-refractivity contribution in [3.05, 3.63) is 24.0 Å². The maximum Gasteiger partial charge on any atom is 0.0569 e. The van der Waals surface area contributed by atoms with E-state index in [0.29, 0.717) is 11.8 Å². The molecular formula is C15H27N3. The molecule has 3 heteroatoms. The van der Waals surface area contributed by atoms with E-state index in [-0.39, 0.29) is 6.04 Å². The molecule has 0 aliphatic rings. The van der Waals surface area contributed by atoms with Crippen LogP contribution in [0.3, 0.4) is 0 Å². The van der Waals surface area contributed by atoms with E-state index in [1.807, 2.05) is 19.2 Å². The van der Waals surface area contributed by atoms with Gasteiger partial charge in [0.1, 0.15) is 0 Å². The van der Waals surface area contributed by atoms with Crippen molar-refractivity contribution >= 4 is 5.69 Å². The second-order valence-electron chi connectivity index (χ2n) is 5.92. The lowest BCUT2D eigenvalue weighted by atomic mass is 10.1. The van der Waals surface area contributed by atoms with Crippen molar-refractivity contribution in [3.8, 4) is 0 Å². The third-order valence-electron chi connectivity index (χ3n) is 2.77. The van der Waals surface area contributed by atoms with Gasteiger partial charge in [-0.1, -0.05) is 27.7 Å². The summed E-state index contributed by atoms with van der Waals surface area (Å²) in [7, 11) is 0. The van der Waals surface area contributed by atoms with Crippen molar-refractivity contribution in [2.75, 3.05) is 18.0 Å². The van der Waals surface area contributed by atoms with E-state index in [1.54, 1.807) is 0 Å².